The van der Waals surface area contributed by atoms with Gasteiger partial charge in [-0.05, 0) is 48.4 Å². The normalized spacial score (nSPS) is 15.9. The largest absolute Gasteiger partial charge is 0.488 e. The van der Waals surface area contributed by atoms with Crippen LogP contribution in [0, 0.1) is 5.82 Å². The number of carbonyl (C=O) groups is 1. The van der Waals surface area contributed by atoms with Gasteiger partial charge in [0.2, 0.25) is 0 Å². The van der Waals surface area contributed by atoms with Crippen LogP contribution in [0.1, 0.15) is 22.3 Å². The van der Waals surface area contributed by atoms with Crippen molar-refractivity contribution in [3.63, 3.8) is 0 Å². The van der Waals surface area contributed by atoms with Crippen molar-refractivity contribution in [2.24, 2.45) is 0 Å². The van der Waals surface area contributed by atoms with Gasteiger partial charge in [-0.25, -0.2) is 4.39 Å². The minimum absolute atomic E-state index is 0.0305. The highest BCUT2D eigenvalue weighted by molar-refractivity contribution is 5.97. The van der Waals surface area contributed by atoms with Gasteiger partial charge < -0.3 is 15.0 Å². The van der Waals surface area contributed by atoms with Crippen LogP contribution in [0.15, 0.2) is 78.9 Å². The number of anilines is 1. The summed E-state index contributed by atoms with van der Waals surface area (Å²) in [4.78, 5) is 15.0. The highest BCUT2D eigenvalue weighted by atomic mass is 19.1. The van der Waals surface area contributed by atoms with Crippen molar-refractivity contribution in [3.8, 4) is 5.75 Å². The molecule has 5 heteroatoms. The zero-order chi connectivity index (χ0) is 20.1. The van der Waals surface area contributed by atoms with Gasteiger partial charge in [-0.15, -0.1) is 0 Å². The molecule has 1 heterocycles. The third-order valence-electron chi connectivity index (χ3n) is 5.05. The van der Waals surface area contributed by atoms with Gasteiger partial charge in [-0.3, -0.25) is 4.79 Å². The van der Waals surface area contributed by atoms with Gasteiger partial charge in [0.05, 0.1) is 5.56 Å². The lowest BCUT2D eigenvalue weighted by Gasteiger charge is -2.19. The van der Waals surface area contributed by atoms with Crippen molar-refractivity contribution in [2.75, 3.05) is 18.4 Å². The monoisotopic (exact) mass is 390 g/mol. The summed E-state index contributed by atoms with van der Waals surface area (Å²) in [5, 5.41) is 3.49. The number of halogens is 1. The molecule has 3 aromatic rings. The molecule has 0 bridgehead atoms. The lowest BCUT2D eigenvalue weighted by molar-refractivity contribution is 0.0786. The summed E-state index contributed by atoms with van der Waals surface area (Å²) in [5.41, 5.74) is 2.46. The molecule has 0 spiro atoms. The van der Waals surface area contributed by atoms with Crippen LogP contribution < -0.4 is 10.1 Å². The SMILES string of the molecule is O=C(c1ccccc1OCc1ccc(F)cc1)N1CCC(Nc2ccccc2)C1. The van der Waals surface area contributed by atoms with Crippen molar-refractivity contribution in [3.05, 3.63) is 95.8 Å². The fraction of sp³-hybridized carbons (Fsp3) is 0.208. The number of hydrogen-bond acceptors (Lipinski definition) is 3. The van der Waals surface area contributed by atoms with E-state index in [-0.39, 0.29) is 24.4 Å². The van der Waals surface area contributed by atoms with Crippen LogP contribution in [-0.4, -0.2) is 29.9 Å². The second-order valence-corrected chi connectivity index (χ2v) is 7.16. The van der Waals surface area contributed by atoms with Gasteiger partial charge in [0.15, 0.2) is 0 Å². The minimum Gasteiger partial charge on any atom is -0.488 e. The molecule has 148 valence electrons. The van der Waals surface area contributed by atoms with Gasteiger partial charge in [0.1, 0.15) is 18.2 Å². The maximum Gasteiger partial charge on any atom is 0.257 e. The van der Waals surface area contributed by atoms with Crippen molar-refractivity contribution in [1.29, 1.82) is 0 Å². The third kappa shape index (κ3) is 4.74. The summed E-state index contributed by atoms with van der Waals surface area (Å²) in [6.45, 7) is 1.64. The molecule has 0 aliphatic carbocycles. The predicted molar refractivity (Wildman–Crippen MR) is 112 cm³/mol. The van der Waals surface area contributed by atoms with E-state index in [2.05, 4.69) is 5.32 Å². The minimum atomic E-state index is -0.281. The van der Waals surface area contributed by atoms with Crippen LogP contribution >= 0.6 is 0 Å². The average molecular weight is 390 g/mol. The summed E-state index contributed by atoms with van der Waals surface area (Å²) < 4.78 is 18.9. The van der Waals surface area contributed by atoms with Crippen LogP contribution in [-0.2, 0) is 6.61 Å². The Morgan fingerprint density at radius 1 is 1.00 bits per heavy atom. The number of likely N-dealkylation sites (tertiary alicyclic amines) is 1. The Hall–Kier alpha value is -3.34. The first-order chi connectivity index (χ1) is 14.2. The highest BCUT2D eigenvalue weighted by Crippen LogP contribution is 2.24. The lowest BCUT2D eigenvalue weighted by atomic mass is 10.1. The molecule has 4 nitrogen and oxygen atoms in total. The summed E-state index contributed by atoms with van der Waals surface area (Å²) in [6, 6.07) is 23.7. The number of benzene rings is 3. The Balaban J connectivity index is 1.40. The van der Waals surface area contributed by atoms with Crippen molar-refractivity contribution in [1.82, 2.24) is 4.90 Å². The smallest absolute Gasteiger partial charge is 0.257 e. The zero-order valence-electron chi connectivity index (χ0n) is 16.1. The molecule has 1 N–H and O–H groups in total. The number of carbonyl (C=O) groups excluding carboxylic acids is 1. The molecule has 0 aromatic heterocycles. The first-order valence-electron chi connectivity index (χ1n) is 9.76. The Bertz CT molecular complexity index is 960. The van der Waals surface area contributed by atoms with E-state index in [9.17, 15) is 9.18 Å². The number of nitrogens with one attached hydrogen (secondary N) is 1. The standard InChI is InChI=1S/C24H23FN2O2/c25-19-12-10-18(11-13-19)17-29-23-9-5-4-8-22(23)24(28)27-15-14-21(16-27)26-20-6-2-1-3-7-20/h1-13,21,26H,14-17H2. The molecule has 1 unspecified atom stereocenters. The molecule has 0 saturated carbocycles. The molecule has 1 atom stereocenters. The number of para-hydroxylation sites is 2. The van der Waals surface area contributed by atoms with E-state index in [0.29, 0.717) is 24.4 Å². The van der Waals surface area contributed by atoms with Crippen LogP contribution in [0.2, 0.25) is 0 Å². The topological polar surface area (TPSA) is 41.6 Å². The number of hydrogen-bond donors (Lipinski definition) is 1. The maximum atomic E-state index is 13.1. The summed E-state index contributed by atoms with van der Waals surface area (Å²) >= 11 is 0. The van der Waals surface area contributed by atoms with Gasteiger partial charge in [-0.1, -0.05) is 42.5 Å². The average Bonchev–Trinajstić information content (AvgIpc) is 3.22. The van der Waals surface area contributed by atoms with Crippen molar-refractivity contribution < 1.29 is 13.9 Å². The summed E-state index contributed by atoms with van der Waals surface area (Å²) in [5.74, 6) is 0.232. The van der Waals surface area contributed by atoms with Crippen LogP contribution in [0.25, 0.3) is 0 Å². The second-order valence-electron chi connectivity index (χ2n) is 7.16. The van der Waals surface area contributed by atoms with E-state index >= 15 is 0 Å². The predicted octanol–water partition coefficient (Wildman–Crippen LogP) is 4.73. The number of rotatable bonds is 6. The van der Waals surface area contributed by atoms with E-state index in [1.165, 1.54) is 12.1 Å². The third-order valence-corrected chi connectivity index (χ3v) is 5.05. The Kier molecular flexibility index (Phi) is 5.75. The molecule has 1 saturated heterocycles. The van der Waals surface area contributed by atoms with Crippen LogP contribution in [0.3, 0.4) is 0 Å². The lowest BCUT2D eigenvalue weighted by Crippen LogP contribution is -2.31. The van der Waals surface area contributed by atoms with E-state index in [4.69, 9.17) is 4.74 Å². The second kappa shape index (κ2) is 8.78. The van der Waals surface area contributed by atoms with E-state index in [1.54, 1.807) is 24.3 Å². The molecule has 1 aliphatic heterocycles. The fourth-order valence-electron chi connectivity index (χ4n) is 3.51. The number of ether oxygens (including phenoxy) is 1. The molecule has 29 heavy (non-hydrogen) atoms. The Morgan fingerprint density at radius 2 is 1.72 bits per heavy atom. The first kappa shape index (κ1) is 19.0. The van der Waals surface area contributed by atoms with Gasteiger partial charge >= 0.3 is 0 Å². The van der Waals surface area contributed by atoms with Crippen molar-refractivity contribution in [2.45, 2.75) is 19.1 Å². The molecule has 0 radical (unpaired) electrons. The van der Waals surface area contributed by atoms with E-state index in [1.807, 2.05) is 47.4 Å². The summed E-state index contributed by atoms with van der Waals surface area (Å²) in [6.07, 6.45) is 0.902. The molecule has 4 rings (SSSR count). The van der Waals surface area contributed by atoms with Gasteiger partial charge in [0.25, 0.3) is 5.91 Å². The molecule has 3 aromatic carbocycles. The van der Waals surface area contributed by atoms with Gasteiger partial charge in [0, 0.05) is 24.8 Å². The summed E-state index contributed by atoms with van der Waals surface area (Å²) in [7, 11) is 0. The van der Waals surface area contributed by atoms with Crippen molar-refractivity contribution >= 4 is 11.6 Å². The first-order valence-corrected chi connectivity index (χ1v) is 9.76. The van der Waals surface area contributed by atoms with E-state index < -0.39 is 0 Å². The molecule has 1 fully saturated rings. The van der Waals surface area contributed by atoms with Gasteiger partial charge in [-0.2, -0.15) is 0 Å². The molecular formula is C24H23FN2O2. The molecule has 1 aliphatic rings. The molecule has 1 amide bonds. The van der Waals surface area contributed by atoms with E-state index in [0.717, 1.165) is 17.7 Å². The fourth-order valence-corrected chi connectivity index (χ4v) is 3.51. The Labute approximate surface area is 169 Å². The van der Waals surface area contributed by atoms with Crippen LogP contribution in [0.5, 0.6) is 5.75 Å². The zero-order valence-corrected chi connectivity index (χ0v) is 16.1. The quantitative estimate of drug-likeness (QED) is 0.662. The van der Waals surface area contributed by atoms with Crippen LogP contribution in [0.4, 0.5) is 10.1 Å². The number of nitrogens with zero attached hydrogens (tertiary/aromatic N) is 1. The highest BCUT2D eigenvalue weighted by Gasteiger charge is 2.28. The molecular weight excluding hydrogens is 367 g/mol. The Morgan fingerprint density at radius 3 is 2.52 bits per heavy atom. The maximum absolute atomic E-state index is 13.1. The number of amides is 1.